The van der Waals surface area contributed by atoms with Gasteiger partial charge in [0.25, 0.3) is 0 Å². The smallest absolute Gasteiger partial charge is 0.0462 e. The average molecular weight is 620 g/mol. The van der Waals surface area contributed by atoms with Crippen molar-refractivity contribution in [2.24, 2.45) is 0 Å². The topological polar surface area (TPSA) is 3.24 Å². The summed E-state index contributed by atoms with van der Waals surface area (Å²) in [5.41, 5.74) is 13.9. The molecule has 0 N–H and O–H groups in total. The summed E-state index contributed by atoms with van der Waals surface area (Å²) in [6, 6.07) is 59.9. The molecule has 9 rings (SSSR count). The highest BCUT2D eigenvalue weighted by atomic mass is 32.1. The van der Waals surface area contributed by atoms with E-state index in [0.29, 0.717) is 0 Å². The van der Waals surface area contributed by atoms with E-state index in [2.05, 4.69) is 183 Å². The molecule has 0 atom stereocenters. The minimum atomic E-state index is -0.0436. The molecule has 0 radical (unpaired) electrons. The van der Waals surface area contributed by atoms with Gasteiger partial charge in [0.1, 0.15) is 0 Å². The molecule has 1 heterocycles. The molecule has 47 heavy (non-hydrogen) atoms. The number of anilines is 3. The van der Waals surface area contributed by atoms with E-state index in [1.807, 2.05) is 11.3 Å². The lowest BCUT2D eigenvalue weighted by molar-refractivity contribution is 0.660. The van der Waals surface area contributed by atoms with Crippen LogP contribution >= 0.6 is 11.3 Å². The third kappa shape index (κ3) is 4.52. The highest BCUT2D eigenvalue weighted by molar-refractivity contribution is 7.26. The van der Waals surface area contributed by atoms with Crippen LogP contribution < -0.4 is 4.90 Å². The fraction of sp³-hybridized carbons (Fsp3) is 0.0667. The number of nitrogens with zero attached hydrogens (tertiary/aromatic N) is 1. The van der Waals surface area contributed by atoms with Crippen LogP contribution in [0.3, 0.4) is 0 Å². The quantitative estimate of drug-likeness (QED) is 0.185. The first-order valence-electron chi connectivity index (χ1n) is 16.3. The number of rotatable bonds is 5. The molecule has 0 saturated carbocycles. The standard InChI is InChI=1S/C45H33NS/c1-45(2)41-19-11-9-17-36(41)37-26-23-31(29-42(37)45)39-27-32(28-40-38-18-10-12-20-43(38)47-44(39)40)30-21-24-35(25-22-30)46(33-13-5-3-6-14-33)34-15-7-4-8-16-34/h3-29H,1-2H3. The minimum absolute atomic E-state index is 0.0436. The molecule has 0 aliphatic heterocycles. The first kappa shape index (κ1) is 27.8. The van der Waals surface area contributed by atoms with E-state index in [0.717, 1.165) is 17.1 Å². The van der Waals surface area contributed by atoms with E-state index in [1.165, 1.54) is 64.7 Å². The Bertz CT molecular complexity index is 2380. The molecule has 0 spiro atoms. The average Bonchev–Trinajstić information content (AvgIpc) is 3.61. The van der Waals surface area contributed by atoms with Crippen molar-refractivity contribution in [3.63, 3.8) is 0 Å². The van der Waals surface area contributed by atoms with Gasteiger partial charge in [0.2, 0.25) is 0 Å². The van der Waals surface area contributed by atoms with Gasteiger partial charge in [-0.15, -0.1) is 11.3 Å². The number of hydrogen-bond acceptors (Lipinski definition) is 2. The van der Waals surface area contributed by atoms with Crippen LogP contribution in [0, 0.1) is 0 Å². The van der Waals surface area contributed by atoms with E-state index < -0.39 is 0 Å². The van der Waals surface area contributed by atoms with Crippen molar-refractivity contribution in [1.29, 1.82) is 0 Å². The Labute approximate surface area is 280 Å². The Morgan fingerprint density at radius 3 is 1.77 bits per heavy atom. The fourth-order valence-electron chi connectivity index (χ4n) is 7.48. The normalized spacial score (nSPS) is 13.1. The second-order valence-corrected chi connectivity index (χ2v) is 14.0. The molecule has 1 aliphatic rings. The van der Waals surface area contributed by atoms with Gasteiger partial charge in [-0.2, -0.15) is 0 Å². The van der Waals surface area contributed by atoms with Gasteiger partial charge in [0.15, 0.2) is 0 Å². The number of fused-ring (bicyclic) bond motifs is 6. The van der Waals surface area contributed by atoms with Crippen molar-refractivity contribution >= 4 is 48.6 Å². The zero-order chi connectivity index (χ0) is 31.5. The Morgan fingerprint density at radius 1 is 0.426 bits per heavy atom. The Kier molecular flexibility index (Phi) is 6.41. The van der Waals surface area contributed by atoms with Crippen molar-refractivity contribution in [1.82, 2.24) is 0 Å². The SMILES string of the molecule is CC1(C)c2ccccc2-c2ccc(-c3cc(-c4ccc(N(c5ccccc5)c5ccccc5)cc4)cc4c3sc3ccccc34)cc21. The summed E-state index contributed by atoms with van der Waals surface area (Å²) in [4.78, 5) is 2.31. The Hall–Kier alpha value is -5.44. The van der Waals surface area contributed by atoms with Gasteiger partial charge in [0, 0.05) is 48.2 Å². The van der Waals surface area contributed by atoms with E-state index in [1.54, 1.807) is 0 Å². The molecule has 0 saturated heterocycles. The van der Waals surface area contributed by atoms with Gasteiger partial charge >= 0.3 is 0 Å². The number of thiophene rings is 1. The van der Waals surface area contributed by atoms with Crippen molar-refractivity contribution in [2.45, 2.75) is 19.3 Å². The van der Waals surface area contributed by atoms with Gasteiger partial charge in [-0.25, -0.2) is 0 Å². The highest BCUT2D eigenvalue weighted by Gasteiger charge is 2.35. The first-order chi connectivity index (χ1) is 23.1. The van der Waals surface area contributed by atoms with E-state index in [4.69, 9.17) is 0 Å². The number of para-hydroxylation sites is 2. The molecule has 7 aromatic carbocycles. The van der Waals surface area contributed by atoms with Crippen LogP contribution in [0.4, 0.5) is 17.1 Å². The van der Waals surface area contributed by atoms with Gasteiger partial charge in [-0.3, -0.25) is 0 Å². The fourth-order valence-corrected chi connectivity index (χ4v) is 8.70. The summed E-state index contributed by atoms with van der Waals surface area (Å²) >= 11 is 1.90. The second kappa shape index (κ2) is 10.8. The number of hydrogen-bond donors (Lipinski definition) is 0. The molecule has 2 heteroatoms. The van der Waals surface area contributed by atoms with Gasteiger partial charge < -0.3 is 4.90 Å². The molecule has 8 aromatic rings. The second-order valence-electron chi connectivity index (χ2n) is 13.0. The Balaban J connectivity index is 1.20. The third-order valence-corrected chi connectivity index (χ3v) is 11.1. The molecule has 1 nitrogen and oxygen atoms in total. The van der Waals surface area contributed by atoms with Crippen molar-refractivity contribution in [2.75, 3.05) is 4.90 Å². The lowest BCUT2D eigenvalue weighted by atomic mass is 9.81. The largest absolute Gasteiger partial charge is 0.311 e. The van der Waals surface area contributed by atoms with Crippen molar-refractivity contribution in [3.8, 4) is 33.4 Å². The van der Waals surface area contributed by atoms with Crippen molar-refractivity contribution < 1.29 is 0 Å². The summed E-state index contributed by atoms with van der Waals surface area (Å²) in [5.74, 6) is 0. The predicted octanol–water partition coefficient (Wildman–Crippen LogP) is 13.2. The molecule has 224 valence electrons. The monoisotopic (exact) mass is 619 g/mol. The highest BCUT2D eigenvalue weighted by Crippen LogP contribution is 2.51. The zero-order valence-electron chi connectivity index (χ0n) is 26.4. The minimum Gasteiger partial charge on any atom is -0.311 e. The van der Waals surface area contributed by atoms with E-state index in [9.17, 15) is 0 Å². The molecule has 0 fully saturated rings. The van der Waals surface area contributed by atoms with Crippen LogP contribution in [0.1, 0.15) is 25.0 Å². The molecule has 1 aliphatic carbocycles. The zero-order valence-corrected chi connectivity index (χ0v) is 27.3. The summed E-state index contributed by atoms with van der Waals surface area (Å²) in [6.07, 6.45) is 0. The third-order valence-electron chi connectivity index (χ3n) is 9.86. The van der Waals surface area contributed by atoms with E-state index >= 15 is 0 Å². The maximum Gasteiger partial charge on any atom is 0.0462 e. The summed E-state index contributed by atoms with van der Waals surface area (Å²) in [5, 5.41) is 2.64. The molecule has 0 bridgehead atoms. The maximum atomic E-state index is 2.46. The van der Waals surface area contributed by atoms with Gasteiger partial charge in [0.05, 0.1) is 0 Å². The van der Waals surface area contributed by atoms with Crippen LogP contribution in [-0.4, -0.2) is 0 Å². The summed E-state index contributed by atoms with van der Waals surface area (Å²) in [6.45, 7) is 4.73. The van der Waals surface area contributed by atoms with Crippen LogP contribution in [0.2, 0.25) is 0 Å². The lowest BCUT2D eigenvalue weighted by Gasteiger charge is -2.25. The predicted molar refractivity (Wildman–Crippen MR) is 202 cm³/mol. The molecular formula is C45H33NS. The van der Waals surface area contributed by atoms with Crippen LogP contribution in [-0.2, 0) is 5.41 Å². The first-order valence-corrected chi connectivity index (χ1v) is 17.1. The molecule has 1 aromatic heterocycles. The van der Waals surface area contributed by atoms with Crippen molar-refractivity contribution in [3.05, 3.63) is 175 Å². The van der Waals surface area contributed by atoms with Crippen LogP contribution in [0.5, 0.6) is 0 Å². The number of benzene rings is 7. The summed E-state index contributed by atoms with van der Waals surface area (Å²) < 4.78 is 2.67. The molecule has 0 unspecified atom stereocenters. The lowest BCUT2D eigenvalue weighted by Crippen LogP contribution is -2.14. The van der Waals surface area contributed by atoms with Gasteiger partial charge in [-0.1, -0.05) is 117 Å². The van der Waals surface area contributed by atoms with Crippen LogP contribution in [0.15, 0.2) is 164 Å². The van der Waals surface area contributed by atoms with Crippen LogP contribution in [0.25, 0.3) is 53.6 Å². The Morgan fingerprint density at radius 2 is 1.02 bits per heavy atom. The molecular weight excluding hydrogens is 587 g/mol. The summed E-state index contributed by atoms with van der Waals surface area (Å²) in [7, 11) is 0. The molecule has 0 amide bonds. The van der Waals surface area contributed by atoms with E-state index in [-0.39, 0.29) is 5.41 Å². The van der Waals surface area contributed by atoms with Gasteiger partial charge in [-0.05, 0) is 99.6 Å². The maximum absolute atomic E-state index is 2.46.